The monoisotopic (exact) mass is 382 g/mol. The van der Waals surface area contributed by atoms with Gasteiger partial charge in [0.1, 0.15) is 11.5 Å². The first kappa shape index (κ1) is 17.0. The fourth-order valence-electron chi connectivity index (χ4n) is 2.07. The van der Waals surface area contributed by atoms with Gasteiger partial charge in [-0.3, -0.25) is 14.5 Å². The van der Waals surface area contributed by atoms with Gasteiger partial charge in [-0.05, 0) is 49.0 Å². The van der Waals surface area contributed by atoms with Crippen molar-refractivity contribution >= 4 is 57.9 Å². The molecular formula is C16H12Cl2N2O3S. The summed E-state index contributed by atoms with van der Waals surface area (Å²) >= 11 is 12.7. The maximum absolute atomic E-state index is 12.4. The number of hydrogen-bond acceptors (Lipinski definition) is 5. The van der Waals surface area contributed by atoms with E-state index >= 15 is 0 Å². The molecule has 0 saturated carbocycles. The molecule has 2 amide bonds. The minimum absolute atomic E-state index is 0.0388. The molecule has 8 heteroatoms. The topological polar surface area (TPSA) is 62.6 Å². The molecular weight excluding hydrogens is 371 g/mol. The van der Waals surface area contributed by atoms with Crippen molar-refractivity contribution in [2.75, 3.05) is 12.0 Å². The van der Waals surface area contributed by atoms with Crippen LogP contribution in [0.15, 0.2) is 39.7 Å². The van der Waals surface area contributed by atoms with E-state index in [1.807, 2.05) is 6.92 Å². The number of nitrogens with one attached hydrogen (secondary N) is 1. The molecule has 5 nitrogen and oxygen atoms in total. The third-order valence-electron chi connectivity index (χ3n) is 3.27. The highest BCUT2D eigenvalue weighted by molar-refractivity contribution is 8.18. The molecule has 124 valence electrons. The van der Waals surface area contributed by atoms with Crippen molar-refractivity contribution < 1.29 is 14.0 Å². The number of anilines is 1. The van der Waals surface area contributed by atoms with Crippen LogP contribution in [0.3, 0.4) is 0 Å². The molecule has 1 aromatic heterocycles. The molecule has 1 saturated heterocycles. The summed E-state index contributed by atoms with van der Waals surface area (Å²) in [6.07, 6.45) is 1.57. The summed E-state index contributed by atoms with van der Waals surface area (Å²) in [4.78, 5) is 25.8. The molecule has 2 aromatic rings. The Bertz CT molecular complexity index is 848. The number of imide groups is 1. The van der Waals surface area contributed by atoms with Crippen LogP contribution in [0.4, 0.5) is 10.5 Å². The Labute approximate surface area is 152 Å². The summed E-state index contributed by atoms with van der Waals surface area (Å²) in [6.45, 7) is 1.85. The lowest BCUT2D eigenvalue weighted by molar-refractivity contribution is -0.122. The van der Waals surface area contributed by atoms with Crippen LogP contribution < -0.4 is 5.32 Å². The number of aryl methyl sites for hydroxylation is 1. The molecule has 0 radical (unpaired) electrons. The number of furan rings is 1. The standard InChI is InChI=1S/C16H12Cl2N2O3S/c1-9-2-4-11(23-9)7-14-15(21)20(16(22)24-14)8-19-10-3-5-12(17)13(18)6-10/h2-7,19H,8H2,1H3. The minimum atomic E-state index is -0.369. The number of hydrogen-bond donors (Lipinski definition) is 1. The number of halogens is 2. The van der Waals surface area contributed by atoms with Crippen molar-refractivity contribution in [3.05, 3.63) is 56.8 Å². The van der Waals surface area contributed by atoms with Crippen molar-refractivity contribution in [2.45, 2.75) is 6.92 Å². The molecule has 2 heterocycles. The zero-order chi connectivity index (χ0) is 17.3. The van der Waals surface area contributed by atoms with Crippen LogP contribution in [-0.2, 0) is 4.79 Å². The summed E-state index contributed by atoms with van der Waals surface area (Å²) in [7, 11) is 0. The second-order valence-corrected chi connectivity index (χ2v) is 6.83. The zero-order valence-corrected chi connectivity index (χ0v) is 14.8. The predicted molar refractivity (Wildman–Crippen MR) is 96.2 cm³/mol. The van der Waals surface area contributed by atoms with Crippen LogP contribution in [0, 0.1) is 6.92 Å². The number of amides is 2. The Kier molecular flexibility index (Phi) is 4.89. The molecule has 1 N–H and O–H groups in total. The predicted octanol–water partition coefficient (Wildman–Crippen LogP) is 5.00. The SMILES string of the molecule is Cc1ccc(C=C2SC(=O)N(CNc3ccc(Cl)c(Cl)c3)C2=O)o1. The van der Waals surface area contributed by atoms with Gasteiger partial charge in [0.15, 0.2) is 0 Å². The number of rotatable bonds is 4. The second kappa shape index (κ2) is 6.93. The normalized spacial score (nSPS) is 16.3. The lowest BCUT2D eigenvalue weighted by Crippen LogP contribution is -2.33. The van der Waals surface area contributed by atoms with Crippen LogP contribution in [-0.4, -0.2) is 22.7 Å². The molecule has 0 atom stereocenters. The lowest BCUT2D eigenvalue weighted by Gasteiger charge is -2.14. The molecule has 1 aliphatic heterocycles. The molecule has 3 rings (SSSR count). The van der Waals surface area contributed by atoms with Crippen LogP contribution in [0.1, 0.15) is 11.5 Å². The Morgan fingerprint density at radius 3 is 2.67 bits per heavy atom. The maximum Gasteiger partial charge on any atom is 0.295 e. The van der Waals surface area contributed by atoms with Gasteiger partial charge in [0.05, 0.1) is 21.6 Å². The van der Waals surface area contributed by atoms with E-state index < -0.39 is 0 Å². The summed E-state index contributed by atoms with van der Waals surface area (Å²) in [6, 6.07) is 8.53. The largest absolute Gasteiger partial charge is 0.462 e. The van der Waals surface area contributed by atoms with E-state index in [0.717, 1.165) is 22.4 Å². The van der Waals surface area contributed by atoms with Gasteiger partial charge >= 0.3 is 0 Å². The average Bonchev–Trinajstić information content (AvgIpc) is 3.05. The van der Waals surface area contributed by atoms with Gasteiger partial charge in [-0.25, -0.2) is 0 Å². The van der Waals surface area contributed by atoms with Gasteiger partial charge in [-0.15, -0.1) is 0 Å². The van der Waals surface area contributed by atoms with Crippen molar-refractivity contribution in [2.24, 2.45) is 0 Å². The zero-order valence-electron chi connectivity index (χ0n) is 12.5. The molecule has 0 bridgehead atoms. The summed E-state index contributed by atoms with van der Waals surface area (Å²) in [5.41, 5.74) is 0.661. The van der Waals surface area contributed by atoms with Gasteiger partial charge in [-0.1, -0.05) is 23.2 Å². The quantitative estimate of drug-likeness (QED) is 0.753. The van der Waals surface area contributed by atoms with Crippen molar-refractivity contribution in [1.82, 2.24) is 4.90 Å². The Morgan fingerprint density at radius 1 is 1.21 bits per heavy atom. The average molecular weight is 383 g/mol. The van der Waals surface area contributed by atoms with E-state index in [-0.39, 0.29) is 17.8 Å². The minimum Gasteiger partial charge on any atom is -0.462 e. The van der Waals surface area contributed by atoms with E-state index in [1.54, 1.807) is 36.4 Å². The number of nitrogens with zero attached hydrogens (tertiary/aromatic N) is 1. The van der Waals surface area contributed by atoms with Crippen LogP contribution in [0.25, 0.3) is 6.08 Å². The van der Waals surface area contributed by atoms with Crippen molar-refractivity contribution in [3.63, 3.8) is 0 Å². The van der Waals surface area contributed by atoms with Gasteiger partial charge in [-0.2, -0.15) is 0 Å². The third-order valence-corrected chi connectivity index (χ3v) is 4.92. The van der Waals surface area contributed by atoms with Gasteiger partial charge in [0.25, 0.3) is 11.1 Å². The highest BCUT2D eigenvalue weighted by atomic mass is 35.5. The highest BCUT2D eigenvalue weighted by Crippen LogP contribution is 2.32. The van der Waals surface area contributed by atoms with E-state index in [4.69, 9.17) is 27.6 Å². The Hall–Kier alpha value is -1.89. The first-order chi connectivity index (χ1) is 11.4. The van der Waals surface area contributed by atoms with Crippen LogP contribution in [0.2, 0.25) is 10.0 Å². The Morgan fingerprint density at radius 2 is 2.00 bits per heavy atom. The van der Waals surface area contributed by atoms with Gasteiger partial charge < -0.3 is 9.73 Å². The third kappa shape index (κ3) is 3.61. The van der Waals surface area contributed by atoms with E-state index in [9.17, 15) is 9.59 Å². The van der Waals surface area contributed by atoms with Crippen molar-refractivity contribution in [3.8, 4) is 0 Å². The molecule has 24 heavy (non-hydrogen) atoms. The van der Waals surface area contributed by atoms with Gasteiger partial charge in [0, 0.05) is 11.8 Å². The van der Waals surface area contributed by atoms with Crippen molar-refractivity contribution in [1.29, 1.82) is 0 Å². The molecule has 0 unspecified atom stereocenters. The molecule has 1 fully saturated rings. The first-order valence-electron chi connectivity index (χ1n) is 6.95. The molecule has 0 aliphatic carbocycles. The summed E-state index contributed by atoms with van der Waals surface area (Å²) in [5.74, 6) is 0.906. The maximum atomic E-state index is 12.4. The summed E-state index contributed by atoms with van der Waals surface area (Å²) in [5, 5.41) is 3.46. The lowest BCUT2D eigenvalue weighted by atomic mass is 10.3. The number of carbonyl (C=O) groups is 2. The number of thioether (sulfide) groups is 1. The Balaban J connectivity index is 1.70. The van der Waals surface area contributed by atoms with E-state index in [2.05, 4.69) is 5.32 Å². The highest BCUT2D eigenvalue weighted by Gasteiger charge is 2.35. The van der Waals surface area contributed by atoms with Crippen LogP contribution in [0.5, 0.6) is 0 Å². The van der Waals surface area contributed by atoms with E-state index in [1.165, 1.54) is 0 Å². The summed E-state index contributed by atoms with van der Waals surface area (Å²) < 4.78 is 5.40. The first-order valence-corrected chi connectivity index (χ1v) is 8.52. The fourth-order valence-corrected chi connectivity index (χ4v) is 3.19. The number of carbonyl (C=O) groups excluding carboxylic acids is 2. The van der Waals surface area contributed by atoms with Crippen LogP contribution >= 0.6 is 35.0 Å². The van der Waals surface area contributed by atoms with Gasteiger partial charge in [0.2, 0.25) is 0 Å². The molecule has 1 aliphatic rings. The van der Waals surface area contributed by atoms with E-state index in [0.29, 0.717) is 26.4 Å². The number of benzene rings is 1. The molecule has 0 spiro atoms. The molecule has 1 aromatic carbocycles. The second-order valence-electron chi connectivity index (χ2n) is 5.02. The smallest absolute Gasteiger partial charge is 0.295 e. The fraction of sp³-hybridized carbons (Fsp3) is 0.125.